The number of aromatic nitrogens is 4. The molecule has 0 radical (unpaired) electrons. The molecule has 22 heavy (non-hydrogen) atoms. The predicted molar refractivity (Wildman–Crippen MR) is 85.9 cm³/mol. The summed E-state index contributed by atoms with van der Waals surface area (Å²) in [6.07, 6.45) is 5.28. The average molecular weight is 293 g/mol. The van der Waals surface area contributed by atoms with Gasteiger partial charge in [0.15, 0.2) is 5.65 Å². The van der Waals surface area contributed by atoms with Crippen LogP contribution in [0.3, 0.4) is 0 Å². The minimum Gasteiger partial charge on any atom is -0.355 e. The fourth-order valence-electron chi connectivity index (χ4n) is 3.20. The first kappa shape index (κ1) is 13.2. The van der Waals surface area contributed by atoms with E-state index in [0.29, 0.717) is 0 Å². The largest absolute Gasteiger partial charge is 0.355 e. The Bertz CT molecular complexity index is 744. The van der Waals surface area contributed by atoms with Crippen LogP contribution in [-0.2, 0) is 6.42 Å². The molecule has 5 nitrogen and oxygen atoms in total. The number of anilines is 1. The van der Waals surface area contributed by atoms with Gasteiger partial charge in [-0.05, 0) is 42.9 Å². The van der Waals surface area contributed by atoms with Crippen LogP contribution in [0.25, 0.3) is 5.65 Å². The second-order valence-corrected chi connectivity index (χ2v) is 5.95. The molecule has 0 unspecified atom stereocenters. The van der Waals surface area contributed by atoms with Crippen molar-refractivity contribution in [3.05, 3.63) is 54.4 Å². The summed E-state index contributed by atoms with van der Waals surface area (Å²) in [5, 5.41) is 12.5. The van der Waals surface area contributed by atoms with Gasteiger partial charge in [-0.1, -0.05) is 30.3 Å². The molecule has 3 heterocycles. The molecule has 1 saturated heterocycles. The molecular formula is C17H19N5. The van der Waals surface area contributed by atoms with Gasteiger partial charge in [0.25, 0.3) is 0 Å². The molecule has 2 aromatic heterocycles. The van der Waals surface area contributed by atoms with Crippen LogP contribution in [-0.4, -0.2) is 32.9 Å². The summed E-state index contributed by atoms with van der Waals surface area (Å²) in [5.41, 5.74) is 2.24. The van der Waals surface area contributed by atoms with Crippen LogP contribution in [0.4, 0.5) is 5.82 Å². The van der Waals surface area contributed by atoms with Crippen molar-refractivity contribution in [1.29, 1.82) is 0 Å². The van der Waals surface area contributed by atoms with Crippen molar-refractivity contribution in [3.8, 4) is 0 Å². The van der Waals surface area contributed by atoms with E-state index in [4.69, 9.17) is 0 Å². The predicted octanol–water partition coefficient (Wildman–Crippen LogP) is 2.58. The normalized spacial score (nSPS) is 16.3. The van der Waals surface area contributed by atoms with E-state index in [-0.39, 0.29) is 0 Å². The van der Waals surface area contributed by atoms with Crippen molar-refractivity contribution in [2.24, 2.45) is 5.92 Å². The Morgan fingerprint density at radius 2 is 1.82 bits per heavy atom. The van der Waals surface area contributed by atoms with E-state index in [1.165, 1.54) is 24.8 Å². The molecule has 0 spiro atoms. The number of hydrogen-bond acceptors (Lipinski definition) is 4. The molecule has 0 amide bonds. The highest BCUT2D eigenvalue weighted by Gasteiger charge is 2.20. The molecule has 1 fully saturated rings. The Morgan fingerprint density at radius 3 is 2.64 bits per heavy atom. The molecule has 0 bridgehead atoms. The van der Waals surface area contributed by atoms with Crippen molar-refractivity contribution in [2.75, 3.05) is 18.0 Å². The van der Waals surface area contributed by atoms with Gasteiger partial charge >= 0.3 is 0 Å². The van der Waals surface area contributed by atoms with E-state index >= 15 is 0 Å². The third kappa shape index (κ3) is 2.66. The SMILES string of the molecule is c1ccc(CC2CCN(c3ccc4nncn4n3)CC2)cc1. The molecule has 4 rings (SSSR count). The van der Waals surface area contributed by atoms with Crippen LogP contribution in [0.1, 0.15) is 18.4 Å². The van der Waals surface area contributed by atoms with E-state index in [1.54, 1.807) is 10.8 Å². The van der Waals surface area contributed by atoms with Gasteiger partial charge in [0.2, 0.25) is 0 Å². The lowest BCUT2D eigenvalue weighted by atomic mass is 9.90. The monoisotopic (exact) mass is 293 g/mol. The standard InChI is InChI=1S/C17H19N5/c1-2-4-14(5-3-1)12-15-8-10-21(11-9-15)17-7-6-16-19-18-13-22(16)20-17/h1-7,13,15H,8-12H2. The number of rotatable bonds is 3. The van der Waals surface area contributed by atoms with Crippen LogP contribution in [0.15, 0.2) is 48.8 Å². The van der Waals surface area contributed by atoms with Gasteiger partial charge < -0.3 is 4.90 Å². The molecule has 0 saturated carbocycles. The number of benzene rings is 1. The molecule has 0 atom stereocenters. The van der Waals surface area contributed by atoms with Crippen LogP contribution in [0, 0.1) is 5.92 Å². The van der Waals surface area contributed by atoms with Gasteiger partial charge in [-0.15, -0.1) is 15.3 Å². The zero-order chi connectivity index (χ0) is 14.8. The third-order valence-corrected chi connectivity index (χ3v) is 4.45. The first-order valence-corrected chi connectivity index (χ1v) is 7.84. The topological polar surface area (TPSA) is 46.3 Å². The smallest absolute Gasteiger partial charge is 0.177 e. The Balaban J connectivity index is 1.41. The Kier molecular flexibility index (Phi) is 3.46. The Morgan fingerprint density at radius 1 is 1.00 bits per heavy atom. The zero-order valence-corrected chi connectivity index (χ0v) is 12.5. The van der Waals surface area contributed by atoms with Gasteiger partial charge in [-0.3, -0.25) is 0 Å². The maximum atomic E-state index is 4.59. The molecule has 1 aliphatic rings. The van der Waals surface area contributed by atoms with Gasteiger partial charge in [-0.25, -0.2) is 0 Å². The number of piperidine rings is 1. The highest BCUT2D eigenvalue weighted by Crippen LogP contribution is 2.24. The molecule has 3 aromatic rings. The van der Waals surface area contributed by atoms with E-state index in [9.17, 15) is 0 Å². The third-order valence-electron chi connectivity index (χ3n) is 4.45. The van der Waals surface area contributed by atoms with Gasteiger partial charge in [-0.2, -0.15) is 4.52 Å². The molecule has 5 heteroatoms. The molecule has 0 aliphatic carbocycles. The van der Waals surface area contributed by atoms with E-state index in [0.717, 1.165) is 30.5 Å². The van der Waals surface area contributed by atoms with Gasteiger partial charge in [0.05, 0.1) is 0 Å². The number of hydrogen-bond donors (Lipinski definition) is 0. The molecule has 112 valence electrons. The first-order valence-electron chi connectivity index (χ1n) is 7.84. The molecule has 1 aromatic carbocycles. The lowest BCUT2D eigenvalue weighted by molar-refractivity contribution is 0.401. The van der Waals surface area contributed by atoms with Crippen molar-refractivity contribution in [2.45, 2.75) is 19.3 Å². The zero-order valence-electron chi connectivity index (χ0n) is 12.5. The molecule has 1 aliphatic heterocycles. The Labute approximate surface area is 129 Å². The summed E-state index contributed by atoms with van der Waals surface area (Å²) in [4.78, 5) is 2.36. The van der Waals surface area contributed by atoms with Gasteiger partial charge in [0, 0.05) is 13.1 Å². The fourth-order valence-corrected chi connectivity index (χ4v) is 3.20. The highest BCUT2D eigenvalue weighted by atomic mass is 15.4. The quantitative estimate of drug-likeness (QED) is 0.744. The minimum atomic E-state index is 0.775. The first-order chi connectivity index (χ1) is 10.9. The summed E-state index contributed by atoms with van der Waals surface area (Å²) in [6.45, 7) is 2.14. The van der Waals surface area contributed by atoms with E-state index < -0.39 is 0 Å². The lowest BCUT2D eigenvalue weighted by Gasteiger charge is -2.32. The van der Waals surface area contributed by atoms with Crippen LogP contribution in [0.2, 0.25) is 0 Å². The van der Waals surface area contributed by atoms with E-state index in [2.05, 4.69) is 50.5 Å². The van der Waals surface area contributed by atoms with Crippen LogP contribution >= 0.6 is 0 Å². The summed E-state index contributed by atoms with van der Waals surface area (Å²) < 4.78 is 1.74. The van der Waals surface area contributed by atoms with Crippen molar-refractivity contribution >= 4 is 11.5 Å². The summed E-state index contributed by atoms with van der Waals surface area (Å²) in [7, 11) is 0. The fraction of sp³-hybridized carbons (Fsp3) is 0.353. The summed E-state index contributed by atoms with van der Waals surface area (Å²) in [6, 6.07) is 14.8. The van der Waals surface area contributed by atoms with Gasteiger partial charge in [0.1, 0.15) is 12.1 Å². The van der Waals surface area contributed by atoms with Crippen molar-refractivity contribution < 1.29 is 0 Å². The Hall–Kier alpha value is -2.43. The van der Waals surface area contributed by atoms with E-state index in [1.807, 2.05) is 12.1 Å². The maximum Gasteiger partial charge on any atom is 0.177 e. The number of nitrogens with zero attached hydrogens (tertiary/aromatic N) is 5. The highest BCUT2D eigenvalue weighted by molar-refractivity contribution is 5.45. The maximum absolute atomic E-state index is 4.59. The summed E-state index contributed by atoms with van der Waals surface area (Å²) >= 11 is 0. The molecular weight excluding hydrogens is 274 g/mol. The number of fused-ring (bicyclic) bond motifs is 1. The average Bonchev–Trinajstić information content (AvgIpc) is 3.04. The second-order valence-electron chi connectivity index (χ2n) is 5.95. The minimum absolute atomic E-state index is 0.775. The second kappa shape index (κ2) is 5.75. The molecule has 0 N–H and O–H groups in total. The van der Waals surface area contributed by atoms with Crippen molar-refractivity contribution in [1.82, 2.24) is 19.8 Å². The van der Waals surface area contributed by atoms with Crippen LogP contribution < -0.4 is 4.90 Å². The lowest BCUT2D eigenvalue weighted by Crippen LogP contribution is -2.35. The van der Waals surface area contributed by atoms with Crippen molar-refractivity contribution in [3.63, 3.8) is 0 Å². The van der Waals surface area contributed by atoms with Crippen LogP contribution in [0.5, 0.6) is 0 Å². The summed E-state index contributed by atoms with van der Waals surface area (Å²) in [5.74, 6) is 1.79.